The van der Waals surface area contributed by atoms with Gasteiger partial charge in [0.05, 0.1) is 33.5 Å². The maximum atomic E-state index is 13.6. The van der Waals surface area contributed by atoms with Gasteiger partial charge in [-0.2, -0.15) is 4.98 Å². The summed E-state index contributed by atoms with van der Waals surface area (Å²) in [7, 11) is 1.02. The van der Waals surface area contributed by atoms with E-state index in [4.69, 9.17) is 33.2 Å². The van der Waals surface area contributed by atoms with Crippen LogP contribution in [-0.4, -0.2) is 69.2 Å². The predicted molar refractivity (Wildman–Crippen MR) is 218 cm³/mol. The van der Waals surface area contributed by atoms with Crippen molar-refractivity contribution in [3.63, 3.8) is 0 Å². The lowest BCUT2D eigenvalue weighted by molar-refractivity contribution is -0.0928. The van der Waals surface area contributed by atoms with Gasteiger partial charge >= 0.3 is 5.69 Å². The van der Waals surface area contributed by atoms with Crippen molar-refractivity contribution in [3.8, 4) is 17.4 Å². The smallest absolute Gasteiger partial charge is 0.352 e. The summed E-state index contributed by atoms with van der Waals surface area (Å²) in [5, 5.41) is 8.96. The molecule has 3 atom stereocenters. The van der Waals surface area contributed by atoms with E-state index in [0.29, 0.717) is 18.9 Å². The zero-order valence-electron chi connectivity index (χ0n) is 33.9. The van der Waals surface area contributed by atoms with Crippen molar-refractivity contribution in [1.29, 1.82) is 0 Å². The molecule has 0 amide bonds. The molecule has 1 aliphatic heterocycles. The molecule has 1 aliphatic rings. The zero-order chi connectivity index (χ0) is 39.6. The summed E-state index contributed by atoms with van der Waals surface area (Å²) in [4.78, 5) is 18.0. The molecular weight excluding hydrogens is 713 g/mol. The van der Waals surface area contributed by atoms with Gasteiger partial charge in [-0.05, 0) is 78.9 Å². The molecule has 3 aromatic carbocycles. The van der Waals surface area contributed by atoms with Gasteiger partial charge in [-0.15, -0.1) is 0 Å². The third-order valence-corrected chi connectivity index (χ3v) is 15.5. The van der Waals surface area contributed by atoms with Crippen LogP contribution < -0.4 is 19.9 Å². The molecule has 1 fully saturated rings. The molecule has 0 spiro atoms. The van der Waals surface area contributed by atoms with E-state index in [9.17, 15) is 4.79 Å². The number of aryl methyl sites for hydroxylation is 1. The second-order valence-electron chi connectivity index (χ2n) is 15.9. The molecule has 298 valence electrons. The lowest BCUT2D eigenvalue weighted by Gasteiger charge is -2.40. The minimum atomic E-state index is -2.29. The third kappa shape index (κ3) is 10.1. The van der Waals surface area contributed by atoms with Crippen LogP contribution in [0, 0.1) is 6.92 Å². The number of hydrogen-bond acceptors (Lipinski definition) is 9. The molecule has 0 unspecified atom stereocenters. The Kier molecular flexibility index (Phi) is 14.4. The maximum absolute atomic E-state index is 13.6. The summed E-state index contributed by atoms with van der Waals surface area (Å²) in [6, 6.07) is 26.1. The molecule has 4 aromatic rings. The summed E-state index contributed by atoms with van der Waals surface area (Å²) in [5.74, 6) is 1.82. The van der Waals surface area contributed by atoms with E-state index in [1.165, 1.54) is 0 Å². The van der Waals surface area contributed by atoms with E-state index in [1.807, 2.05) is 73.7 Å². The number of aliphatic hydroxyl groups is 1. The normalized spacial score (nSPS) is 17.7. The molecule has 0 saturated carbocycles. The van der Waals surface area contributed by atoms with Crippen LogP contribution in [0.15, 0.2) is 89.9 Å². The van der Waals surface area contributed by atoms with Crippen LogP contribution in [-0.2, 0) is 19.5 Å². The Bertz CT molecular complexity index is 1790. The van der Waals surface area contributed by atoms with Gasteiger partial charge in [0.25, 0.3) is 0 Å². The van der Waals surface area contributed by atoms with Crippen molar-refractivity contribution < 1.29 is 33.2 Å². The van der Waals surface area contributed by atoms with E-state index in [1.54, 1.807) is 25.0 Å². The molecular formula is C44H60N2O8Si. The van der Waals surface area contributed by atoms with E-state index >= 15 is 0 Å². The Balaban J connectivity index is 1.48. The van der Waals surface area contributed by atoms with Gasteiger partial charge in [0.1, 0.15) is 29.4 Å². The van der Waals surface area contributed by atoms with E-state index in [2.05, 4.69) is 51.0 Å². The average Bonchev–Trinajstić information content (AvgIpc) is 3.57. The van der Waals surface area contributed by atoms with Crippen molar-refractivity contribution in [1.82, 2.24) is 9.55 Å². The quantitative estimate of drug-likeness (QED) is 0.0570. The Morgan fingerprint density at radius 2 is 1.40 bits per heavy atom. The summed E-state index contributed by atoms with van der Waals surface area (Å²) in [6.45, 7) is 13.9. The van der Waals surface area contributed by atoms with E-state index < -0.39 is 31.9 Å². The zero-order valence-corrected chi connectivity index (χ0v) is 34.9. The van der Waals surface area contributed by atoms with E-state index in [0.717, 1.165) is 65.9 Å². The number of ether oxygens (including phenoxy) is 5. The number of aromatic nitrogens is 2. The molecule has 0 aliphatic carbocycles. The lowest BCUT2D eigenvalue weighted by atomic mass is 9.80. The maximum Gasteiger partial charge on any atom is 0.352 e. The van der Waals surface area contributed by atoms with Crippen molar-refractivity contribution in [3.05, 3.63) is 118 Å². The molecule has 11 heteroatoms. The van der Waals surface area contributed by atoms with Gasteiger partial charge in [-0.25, -0.2) is 4.79 Å². The van der Waals surface area contributed by atoms with Gasteiger partial charge < -0.3 is 33.2 Å². The molecule has 0 radical (unpaired) electrons. The van der Waals surface area contributed by atoms with Crippen molar-refractivity contribution in [2.24, 2.45) is 0 Å². The minimum Gasteiger partial charge on any atom is -0.497 e. The molecule has 55 heavy (non-hydrogen) atoms. The van der Waals surface area contributed by atoms with Gasteiger partial charge in [0.15, 0.2) is 8.32 Å². The summed E-state index contributed by atoms with van der Waals surface area (Å²) >= 11 is 0. The summed E-state index contributed by atoms with van der Waals surface area (Å²) in [5.41, 5.74) is 2.05. The van der Waals surface area contributed by atoms with Crippen molar-refractivity contribution >= 4 is 8.32 Å². The first-order valence-corrected chi connectivity index (χ1v) is 22.4. The van der Waals surface area contributed by atoms with Crippen LogP contribution in [0.1, 0.15) is 87.8 Å². The largest absolute Gasteiger partial charge is 0.497 e. The third-order valence-electron chi connectivity index (χ3n) is 11.0. The molecule has 1 saturated heterocycles. The second-order valence-corrected chi connectivity index (χ2v) is 20.6. The number of rotatable bonds is 19. The number of nitrogens with zero attached hydrogens (tertiary/aromatic N) is 2. The fraction of sp³-hybridized carbons (Fsp3) is 0.500. The van der Waals surface area contributed by atoms with Gasteiger partial charge in [0.2, 0.25) is 5.88 Å². The number of benzene rings is 3. The van der Waals surface area contributed by atoms with Crippen LogP contribution >= 0.6 is 0 Å². The molecule has 2 heterocycles. The van der Waals surface area contributed by atoms with Crippen molar-refractivity contribution in [2.75, 3.05) is 34.0 Å². The lowest BCUT2D eigenvalue weighted by Crippen LogP contribution is -2.47. The molecule has 1 aromatic heterocycles. The molecule has 5 rings (SSSR count). The predicted octanol–water partition coefficient (Wildman–Crippen LogP) is 8.58. The first-order valence-electron chi connectivity index (χ1n) is 19.5. The Labute approximate surface area is 327 Å². The highest BCUT2D eigenvalue weighted by atomic mass is 28.4. The SMILES string of the molecule is COc1ccc(C(OC[C@H]2O[C@@H](n3cc(C)c(OCCCCCCCO)nc3=O)C[C@@H]2O[Si](C)(C)C(C)(C)C)(c2ccccc2)c2ccc(OC)cc2)cc1. The first kappa shape index (κ1) is 42.1. The first-order chi connectivity index (χ1) is 26.3. The Morgan fingerprint density at radius 1 is 0.836 bits per heavy atom. The average molecular weight is 773 g/mol. The van der Waals surface area contributed by atoms with Crippen LogP contribution in [0.4, 0.5) is 0 Å². The standard InChI is InChI=1S/C44H60N2O8Si/c1-32-30-46(42(48)45-41(32)51-28-16-11-9-10-15-27-47)40-29-38(54-55(7,8)43(2,3)4)39(53-40)31-52-44(33-17-13-12-14-18-33,34-19-23-36(49-5)24-20-34)35-21-25-37(50-6)26-22-35/h12-14,17-26,30,38-40,47H,9-11,15-16,27-29,31H2,1-8H3/t38-,39+,40+/m0/s1. The Hall–Kier alpha value is -4.00. The van der Waals surface area contributed by atoms with Gasteiger partial charge in [-0.1, -0.05) is 94.6 Å². The Morgan fingerprint density at radius 3 is 1.96 bits per heavy atom. The highest BCUT2D eigenvalue weighted by Gasteiger charge is 2.47. The van der Waals surface area contributed by atoms with Crippen LogP contribution in [0.25, 0.3) is 0 Å². The van der Waals surface area contributed by atoms with Crippen LogP contribution in [0.5, 0.6) is 17.4 Å². The number of methoxy groups -OCH3 is 2. The molecule has 1 N–H and O–H groups in total. The summed E-state index contributed by atoms with van der Waals surface area (Å²) in [6.07, 6.45) is 5.46. The second kappa shape index (κ2) is 18.8. The highest BCUT2D eigenvalue weighted by Crippen LogP contribution is 2.45. The number of aliphatic hydroxyl groups excluding tert-OH is 1. The topological polar surface area (TPSA) is 111 Å². The summed E-state index contributed by atoms with van der Waals surface area (Å²) < 4.78 is 39.8. The fourth-order valence-electron chi connectivity index (χ4n) is 6.80. The van der Waals surface area contributed by atoms with E-state index in [-0.39, 0.29) is 24.4 Å². The van der Waals surface area contributed by atoms with Crippen LogP contribution in [0.2, 0.25) is 18.1 Å². The number of hydrogen-bond donors (Lipinski definition) is 1. The monoisotopic (exact) mass is 772 g/mol. The number of unbranched alkanes of at least 4 members (excludes halogenated alkanes) is 4. The fourth-order valence-corrected chi connectivity index (χ4v) is 8.16. The minimum absolute atomic E-state index is 0.0523. The molecule has 0 bridgehead atoms. The van der Waals surface area contributed by atoms with Crippen molar-refractivity contribution in [2.45, 2.75) is 108 Å². The van der Waals surface area contributed by atoms with Gasteiger partial charge in [-0.3, -0.25) is 4.57 Å². The van der Waals surface area contributed by atoms with Crippen LogP contribution in [0.3, 0.4) is 0 Å². The van der Waals surface area contributed by atoms with Gasteiger partial charge in [0, 0.05) is 24.8 Å². The highest BCUT2D eigenvalue weighted by molar-refractivity contribution is 6.74. The molecule has 10 nitrogen and oxygen atoms in total.